The maximum atomic E-state index is 13.4. The van der Waals surface area contributed by atoms with Crippen LogP contribution in [0.4, 0.5) is 0 Å². The quantitative estimate of drug-likeness (QED) is 0.111. The lowest BCUT2D eigenvalue weighted by Crippen LogP contribution is -2.59. The van der Waals surface area contributed by atoms with E-state index in [-0.39, 0.29) is 17.9 Å². The molecule has 6 aliphatic rings. The molecule has 5 fully saturated rings. The van der Waals surface area contributed by atoms with Gasteiger partial charge in [0, 0.05) is 12.8 Å². The average Bonchev–Trinajstić information content (AvgIpc) is 3.64. The summed E-state index contributed by atoms with van der Waals surface area (Å²) in [7, 11) is 0. The number of hydrogen-bond donors (Lipinski definition) is 6. The molecular formula is C41H66O13. The Morgan fingerprint density at radius 1 is 0.907 bits per heavy atom. The van der Waals surface area contributed by atoms with Crippen LogP contribution in [0, 0.1) is 52.3 Å². The fraction of sp³-hybridized carbons (Fsp3) is 0.902. The Bertz CT molecular complexity index is 1340. The average molecular weight is 767 g/mol. The van der Waals surface area contributed by atoms with Gasteiger partial charge in [0.15, 0.2) is 18.7 Å². The van der Waals surface area contributed by atoms with Gasteiger partial charge >= 0.3 is 11.9 Å². The number of carboxylic acid groups (broad SMARTS) is 1. The van der Waals surface area contributed by atoms with Crippen LogP contribution in [-0.4, -0.2) is 118 Å². The number of rotatable bonds is 14. The molecule has 6 rings (SSSR count). The van der Waals surface area contributed by atoms with Gasteiger partial charge in [0.25, 0.3) is 0 Å². The summed E-state index contributed by atoms with van der Waals surface area (Å²) in [6, 6.07) is 0. The van der Waals surface area contributed by atoms with Gasteiger partial charge in [0.05, 0.1) is 37.4 Å². The third kappa shape index (κ3) is 7.79. The highest BCUT2D eigenvalue weighted by Crippen LogP contribution is 2.67. The van der Waals surface area contributed by atoms with Gasteiger partial charge in [-0.05, 0) is 92.3 Å². The second kappa shape index (κ2) is 17.0. The second-order valence-electron chi connectivity index (χ2n) is 18.1. The first-order valence-corrected chi connectivity index (χ1v) is 20.6. The summed E-state index contributed by atoms with van der Waals surface area (Å²) in [5.74, 6) is 0.494. The summed E-state index contributed by atoms with van der Waals surface area (Å²) in [4.78, 5) is 25.1. The number of hydrogen-bond acceptors (Lipinski definition) is 12. The van der Waals surface area contributed by atoms with Crippen molar-refractivity contribution in [3.8, 4) is 0 Å². The smallest absolute Gasteiger partial charge is 0.314 e. The molecule has 2 heterocycles. The molecule has 0 aromatic rings. The normalized spacial score (nSPS) is 45.3. The van der Waals surface area contributed by atoms with E-state index in [4.69, 9.17) is 23.7 Å². The van der Waals surface area contributed by atoms with Crippen molar-refractivity contribution in [2.24, 2.45) is 52.3 Å². The lowest BCUT2D eigenvalue weighted by Gasteiger charge is -2.58. The summed E-state index contributed by atoms with van der Waals surface area (Å²) in [6.45, 7) is 9.23. The molecule has 0 aromatic heterocycles. The fourth-order valence-electron chi connectivity index (χ4n) is 12.0. The van der Waals surface area contributed by atoms with Gasteiger partial charge in [-0.15, -0.1) is 0 Å². The summed E-state index contributed by atoms with van der Waals surface area (Å²) in [5.41, 5.74) is 0.176. The monoisotopic (exact) mass is 766 g/mol. The van der Waals surface area contributed by atoms with Crippen molar-refractivity contribution < 1.29 is 63.9 Å². The first-order chi connectivity index (χ1) is 25.7. The number of aliphatic hydroxyl groups is 5. The van der Waals surface area contributed by atoms with Gasteiger partial charge in [0.1, 0.15) is 24.4 Å². The van der Waals surface area contributed by atoms with Gasteiger partial charge in [-0.25, -0.2) is 0 Å². The lowest BCUT2D eigenvalue weighted by atomic mass is 9.46. The Labute approximate surface area is 319 Å². The first-order valence-electron chi connectivity index (χ1n) is 20.6. The number of ether oxygens (including phenoxy) is 5. The molecule has 13 heteroatoms. The third-order valence-electron chi connectivity index (χ3n) is 14.8. The van der Waals surface area contributed by atoms with Crippen molar-refractivity contribution in [3.63, 3.8) is 0 Å². The van der Waals surface area contributed by atoms with E-state index in [2.05, 4.69) is 33.8 Å². The number of aliphatic carboxylic acids is 1. The summed E-state index contributed by atoms with van der Waals surface area (Å²) < 4.78 is 28.8. The van der Waals surface area contributed by atoms with Crippen LogP contribution in [0.5, 0.6) is 0 Å². The molecule has 17 unspecified atom stereocenters. The minimum Gasteiger partial charge on any atom is -0.481 e. The predicted molar refractivity (Wildman–Crippen MR) is 194 cm³/mol. The number of allylic oxidation sites excluding steroid dienone is 1. The topological polar surface area (TPSA) is 202 Å². The van der Waals surface area contributed by atoms with Crippen LogP contribution < -0.4 is 0 Å². The SMILES string of the molecule is CC(=O)OC1C(OCC2C(O)C(CO)OC(OC3CCC4(C(=O)O)C(=CCC5C4CCC4(C)C(C(C)CCCC(C)C)CCC54)C3)C2O)OC(CO)C1O. The summed E-state index contributed by atoms with van der Waals surface area (Å²) in [6.07, 6.45) is 1.89. The number of carbonyl (C=O) groups is 2. The number of carboxylic acids is 1. The van der Waals surface area contributed by atoms with Crippen molar-refractivity contribution >= 4 is 11.9 Å². The van der Waals surface area contributed by atoms with E-state index < -0.39 is 91.8 Å². The largest absolute Gasteiger partial charge is 0.481 e. The van der Waals surface area contributed by atoms with Crippen molar-refractivity contribution in [3.05, 3.63) is 11.6 Å². The molecular weight excluding hydrogens is 700 g/mol. The molecule has 13 nitrogen and oxygen atoms in total. The van der Waals surface area contributed by atoms with Crippen LogP contribution in [0.15, 0.2) is 11.6 Å². The molecule has 0 bridgehead atoms. The molecule has 0 aromatic carbocycles. The van der Waals surface area contributed by atoms with Gasteiger partial charge in [-0.3, -0.25) is 9.59 Å². The first kappa shape index (κ1) is 41.9. The van der Waals surface area contributed by atoms with E-state index in [0.717, 1.165) is 37.7 Å². The van der Waals surface area contributed by atoms with Gasteiger partial charge in [-0.2, -0.15) is 0 Å². The van der Waals surface area contributed by atoms with Crippen molar-refractivity contribution in [2.75, 3.05) is 19.8 Å². The van der Waals surface area contributed by atoms with E-state index >= 15 is 0 Å². The molecule has 308 valence electrons. The van der Waals surface area contributed by atoms with Crippen LogP contribution >= 0.6 is 0 Å². The van der Waals surface area contributed by atoms with Crippen LogP contribution in [0.25, 0.3) is 0 Å². The van der Waals surface area contributed by atoms with Gasteiger partial charge in [0.2, 0.25) is 0 Å². The molecule has 17 atom stereocenters. The minimum atomic E-state index is -1.41. The van der Waals surface area contributed by atoms with Gasteiger partial charge in [-0.1, -0.05) is 58.6 Å². The molecule has 2 aliphatic heterocycles. The standard InChI is InChI=1S/C41H66O13/c1-21(2)7-6-8-22(3)28-11-12-29-26-10-9-24-17-25(13-16-41(24,39(48)49)30(26)14-15-40(28,29)5)52-37-34(46)27(33(45)31(18-42)53-37)20-50-38-36(51-23(4)44)35(47)32(19-43)54-38/h9,21-22,25-38,42-43,45-47H,6-8,10-20H2,1-5H3,(H,48,49). The summed E-state index contributed by atoms with van der Waals surface area (Å²) >= 11 is 0. The number of aliphatic hydroxyl groups excluding tert-OH is 5. The molecule has 6 N–H and O–H groups in total. The van der Waals surface area contributed by atoms with Crippen LogP contribution in [0.3, 0.4) is 0 Å². The second-order valence-corrected chi connectivity index (χ2v) is 18.1. The number of carbonyl (C=O) groups excluding carboxylic acids is 1. The third-order valence-corrected chi connectivity index (χ3v) is 14.8. The molecule has 0 radical (unpaired) electrons. The Kier molecular flexibility index (Phi) is 13.2. The molecule has 4 aliphatic carbocycles. The van der Waals surface area contributed by atoms with Crippen LogP contribution in [0.2, 0.25) is 0 Å². The van der Waals surface area contributed by atoms with Crippen molar-refractivity contribution in [1.29, 1.82) is 0 Å². The zero-order valence-electron chi connectivity index (χ0n) is 32.8. The zero-order chi connectivity index (χ0) is 39.1. The Hall–Kier alpha value is -1.68. The van der Waals surface area contributed by atoms with Gasteiger partial charge < -0.3 is 54.3 Å². The van der Waals surface area contributed by atoms with Crippen molar-refractivity contribution in [2.45, 2.75) is 161 Å². The highest BCUT2D eigenvalue weighted by molar-refractivity contribution is 5.80. The van der Waals surface area contributed by atoms with E-state index in [0.29, 0.717) is 42.9 Å². The molecule has 3 saturated carbocycles. The number of fused-ring (bicyclic) bond motifs is 5. The Morgan fingerprint density at radius 3 is 2.28 bits per heavy atom. The van der Waals surface area contributed by atoms with E-state index in [9.17, 15) is 40.2 Å². The molecule has 0 amide bonds. The van der Waals surface area contributed by atoms with Crippen LogP contribution in [-0.2, 0) is 33.3 Å². The Morgan fingerprint density at radius 2 is 1.61 bits per heavy atom. The maximum absolute atomic E-state index is 13.4. The maximum Gasteiger partial charge on any atom is 0.314 e. The zero-order valence-corrected chi connectivity index (χ0v) is 32.8. The van der Waals surface area contributed by atoms with E-state index in [1.54, 1.807) is 0 Å². The van der Waals surface area contributed by atoms with E-state index in [1.165, 1.54) is 32.1 Å². The lowest BCUT2D eigenvalue weighted by molar-refractivity contribution is -0.312. The Balaban J connectivity index is 1.12. The minimum absolute atomic E-state index is 0.0635. The summed E-state index contributed by atoms with van der Waals surface area (Å²) in [5, 5.41) is 63.6. The molecule has 54 heavy (non-hydrogen) atoms. The van der Waals surface area contributed by atoms with Crippen LogP contribution in [0.1, 0.15) is 105 Å². The highest BCUT2D eigenvalue weighted by atomic mass is 16.7. The predicted octanol–water partition coefficient (Wildman–Crippen LogP) is 3.56. The molecule has 0 spiro atoms. The van der Waals surface area contributed by atoms with E-state index in [1.807, 2.05) is 0 Å². The fourth-order valence-corrected chi connectivity index (χ4v) is 12.0. The molecule has 2 saturated heterocycles. The highest BCUT2D eigenvalue weighted by Gasteiger charge is 2.63. The van der Waals surface area contributed by atoms with Crippen molar-refractivity contribution in [1.82, 2.24) is 0 Å². The number of esters is 1.